The standard InChI is InChI=1S/C26H32N2O/c1-19-16-25(19)21-6-7-22-17-20(2)28(26(22)18-21)23-8-10-24(11-9-23)29-15-5-14-27-12-3-4-13-27/h6-11,17-19,25H,3-5,12-16H2,1-2H3/t19?,25-/m0/s1. The first-order valence-electron chi connectivity index (χ1n) is 11.3. The number of ether oxygens (including phenoxy) is 1. The molecular weight excluding hydrogens is 356 g/mol. The molecule has 3 heteroatoms. The number of hydrogen-bond acceptors (Lipinski definition) is 2. The summed E-state index contributed by atoms with van der Waals surface area (Å²) in [7, 11) is 0. The van der Waals surface area contributed by atoms with Gasteiger partial charge in [0.05, 0.1) is 12.1 Å². The van der Waals surface area contributed by atoms with E-state index in [-0.39, 0.29) is 0 Å². The Morgan fingerprint density at radius 3 is 2.48 bits per heavy atom. The van der Waals surface area contributed by atoms with E-state index in [2.05, 4.69) is 71.8 Å². The molecule has 1 saturated heterocycles. The highest BCUT2D eigenvalue weighted by Crippen LogP contribution is 2.47. The molecular formula is C26H32N2O. The average Bonchev–Trinajstić information content (AvgIpc) is 3.12. The molecule has 3 nitrogen and oxygen atoms in total. The molecule has 1 unspecified atom stereocenters. The zero-order chi connectivity index (χ0) is 19.8. The van der Waals surface area contributed by atoms with Crippen molar-refractivity contribution in [1.82, 2.24) is 9.47 Å². The molecule has 0 amide bonds. The van der Waals surface area contributed by atoms with Gasteiger partial charge in [-0.15, -0.1) is 0 Å². The number of aromatic nitrogens is 1. The number of benzene rings is 2. The lowest BCUT2D eigenvalue weighted by Crippen LogP contribution is -2.21. The van der Waals surface area contributed by atoms with Crippen molar-refractivity contribution in [3.8, 4) is 11.4 Å². The SMILES string of the molecule is Cc1cc2ccc([C@H]3CC3C)cc2n1-c1ccc(OCCCN2CCCC2)cc1. The van der Waals surface area contributed by atoms with Crippen molar-refractivity contribution in [3.63, 3.8) is 0 Å². The van der Waals surface area contributed by atoms with Gasteiger partial charge in [0, 0.05) is 23.3 Å². The molecule has 2 atom stereocenters. The molecule has 0 N–H and O–H groups in total. The fourth-order valence-electron chi connectivity index (χ4n) is 4.89. The van der Waals surface area contributed by atoms with Crippen LogP contribution in [0.5, 0.6) is 5.75 Å². The van der Waals surface area contributed by atoms with Crippen LogP contribution in [0.15, 0.2) is 48.5 Å². The monoisotopic (exact) mass is 388 g/mol. The topological polar surface area (TPSA) is 17.4 Å². The molecule has 0 spiro atoms. The van der Waals surface area contributed by atoms with E-state index in [0.717, 1.165) is 37.2 Å². The molecule has 1 saturated carbocycles. The van der Waals surface area contributed by atoms with E-state index in [0.29, 0.717) is 0 Å². The van der Waals surface area contributed by atoms with E-state index < -0.39 is 0 Å². The van der Waals surface area contributed by atoms with E-state index in [9.17, 15) is 0 Å². The number of aryl methyl sites for hydroxylation is 1. The lowest BCUT2D eigenvalue weighted by molar-refractivity contribution is 0.263. The lowest BCUT2D eigenvalue weighted by atomic mass is 10.1. The van der Waals surface area contributed by atoms with Crippen molar-refractivity contribution < 1.29 is 4.74 Å². The van der Waals surface area contributed by atoms with E-state index in [1.807, 2.05) is 0 Å². The Labute approximate surface area is 174 Å². The second kappa shape index (κ2) is 7.87. The van der Waals surface area contributed by atoms with E-state index in [1.54, 1.807) is 0 Å². The summed E-state index contributed by atoms with van der Waals surface area (Å²) in [6, 6.07) is 17.9. The van der Waals surface area contributed by atoms with Crippen LogP contribution >= 0.6 is 0 Å². The van der Waals surface area contributed by atoms with Crippen LogP contribution < -0.4 is 4.74 Å². The van der Waals surface area contributed by atoms with Gasteiger partial charge in [-0.3, -0.25) is 0 Å². The van der Waals surface area contributed by atoms with Gasteiger partial charge >= 0.3 is 0 Å². The number of rotatable bonds is 7. The van der Waals surface area contributed by atoms with Crippen LogP contribution in [0.2, 0.25) is 0 Å². The second-order valence-corrected chi connectivity index (χ2v) is 9.00. The summed E-state index contributed by atoms with van der Waals surface area (Å²) >= 11 is 0. The highest BCUT2D eigenvalue weighted by atomic mass is 16.5. The summed E-state index contributed by atoms with van der Waals surface area (Å²) in [6.07, 6.45) is 5.15. The normalized spacial score (nSPS) is 21.7. The lowest BCUT2D eigenvalue weighted by Gasteiger charge is -2.15. The van der Waals surface area contributed by atoms with Crippen molar-refractivity contribution in [2.75, 3.05) is 26.2 Å². The molecule has 1 aromatic heterocycles. The first-order valence-corrected chi connectivity index (χ1v) is 11.3. The van der Waals surface area contributed by atoms with E-state index in [1.165, 1.54) is 60.2 Å². The molecule has 0 radical (unpaired) electrons. The summed E-state index contributed by atoms with van der Waals surface area (Å²) in [5.74, 6) is 2.55. The molecule has 0 bridgehead atoms. The molecule has 1 aliphatic heterocycles. The Morgan fingerprint density at radius 2 is 1.76 bits per heavy atom. The molecule has 29 heavy (non-hydrogen) atoms. The minimum absolute atomic E-state index is 0.749. The summed E-state index contributed by atoms with van der Waals surface area (Å²) in [5.41, 5.74) is 5.30. The smallest absolute Gasteiger partial charge is 0.119 e. The van der Waals surface area contributed by atoms with Crippen LogP contribution in [-0.2, 0) is 0 Å². The first kappa shape index (κ1) is 18.7. The van der Waals surface area contributed by atoms with Crippen molar-refractivity contribution in [1.29, 1.82) is 0 Å². The fraction of sp³-hybridized carbons (Fsp3) is 0.462. The number of likely N-dealkylation sites (tertiary alicyclic amines) is 1. The fourth-order valence-corrected chi connectivity index (χ4v) is 4.89. The zero-order valence-electron chi connectivity index (χ0n) is 17.7. The van der Waals surface area contributed by atoms with Crippen LogP contribution in [0, 0.1) is 12.8 Å². The molecule has 2 aromatic carbocycles. The Hall–Kier alpha value is -2.26. The van der Waals surface area contributed by atoms with Gasteiger partial charge in [0.15, 0.2) is 0 Å². The Morgan fingerprint density at radius 1 is 1.00 bits per heavy atom. The Kier molecular flexibility index (Phi) is 5.09. The van der Waals surface area contributed by atoms with Crippen LogP contribution in [-0.4, -0.2) is 35.7 Å². The van der Waals surface area contributed by atoms with Crippen molar-refractivity contribution in [2.45, 2.75) is 45.4 Å². The van der Waals surface area contributed by atoms with Crippen LogP contribution in [0.25, 0.3) is 16.6 Å². The van der Waals surface area contributed by atoms with Crippen LogP contribution in [0.4, 0.5) is 0 Å². The molecule has 2 fully saturated rings. The van der Waals surface area contributed by atoms with Gasteiger partial charge in [-0.2, -0.15) is 0 Å². The summed E-state index contributed by atoms with van der Waals surface area (Å²) in [4.78, 5) is 2.54. The van der Waals surface area contributed by atoms with Gasteiger partial charge in [-0.1, -0.05) is 19.1 Å². The maximum atomic E-state index is 5.99. The van der Waals surface area contributed by atoms with Crippen molar-refractivity contribution in [2.24, 2.45) is 5.92 Å². The van der Waals surface area contributed by atoms with Gasteiger partial charge in [0.2, 0.25) is 0 Å². The highest BCUT2D eigenvalue weighted by Gasteiger charge is 2.34. The maximum absolute atomic E-state index is 5.99. The minimum Gasteiger partial charge on any atom is -0.494 e. The third-order valence-electron chi connectivity index (χ3n) is 6.73. The first-order chi connectivity index (χ1) is 14.2. The van der Waals surface area contributed by atoms with Gasteiger partial charge < -0.3 is 14.2 Å². The predicted octanol–water partition coefficient (Wildman–Crippen LogP) is 5.93. The summed E-state index contributed by atoms with van der Waals surface area (Å²) in [5, 5.41) is 1.32. The molecule has 2 heterocycles. The van der Waals surface area contributed by atoms with Crippen molar-refractivity contribution in [3.05, 3.63) is 59.8 Å². The zero-order valence-corrected chi connectivity index (χ0v) is 17.7. The second-order valence-electron chi connectivity index (χ2n) is 9.00. The quantitative estimate of drug-likeness (QED) is 0.467. The largest absolute Gasteiger partial charge is 0.494 e. The number of fused-ring (bicyclic) bond motifs is 1. The summed E-state index contributed by atoms with van der Waals surface area (Å²) < 4.78 is 8.37. The van der Waals surface area contributed by atoms with Gasteiger partial charge in [0.1, 0.15) is 5.75 Å². The Bertz CT molecular complexity index is 982. The number of nitrogens with zero attached hydrogens (tertiary/aromatic N) is 2. The predicted molar refractivity (Wildman–Crippen MR) is 120 cm³/mol. The number of hydrogen-bond donors (Lipinski definition) is 0. The molecule has 5 rings (SSSR count). The van der Waals surface area contributed by atoms with E-state index in [4.69, 9.17) is 4.74 Å². The highest BCUT2D eigenvalue weighted by molar-refractivity contribution is 5.84. The average molecular weight is 389 g/mol. The molecule has 152 valence electrons. The van der Waals surface area contributed by atoms with Gasteiger partial charge in [-0.05, 0) is 99.5 Å². The molecule has 1 aliphatic carbocycles. The molecule has 3 aromatic rings. The molecule has 2 aliphatic rings. The minimum atomic E-state index is 0.749. The van der Waals surface area contributed by atoms with Crippen LogP contribution in [0.1, 0.15) is 49.8 Å². The maximum Gasteiger partial charge on any atom is 0.119 e. The van der Waals surface area contributed by atoms with Crippen molar-refractivity contribution >= 4 is 10.9 Å². The van der Waals surface area contributed by atoms with Gasteiger partial charge in [0.25, 0.3) is 0 Å². The van der Waals surface area contributed by atoms with Gasteiger partial charge in [-0.25, -0.2) is 0 Å². The van der Waals surface area contributed by atoms with Crippen LogP contribution in [0.3, 0.4) is 0 Å². The Balaban J connectivity index is 1.29. The third kappa shape index (κ3) is 3.93. The van der Waals surface area contributed by atoms with E-state index >= 15 is 0 Å². The summed E-state index contributed by atoms with van der Waals surface area (Å²) in [6.45, 7) is 9.03. The third-order valence-corrected chi connectivity index (χ3v) is 6.73.